The third-order valence-electron chi connectivity index (χ3n) is 3.97. The summed E-state index contributed by atoms with van der Waals surface area (Å²) in [6.45, 7) is 3.68. The molecule has 3 rings (SSSR count). The van der Waals surface area contributed by atoms with Crippen LogP contribution >= 0.6 is 23.4 Å². The highest BCUT2D eigenvalue weighted by Crippen LogP contribution is 2.30. The predicted octanol–water partition coefficient (Wildman–Crippen LogP) is 2.65. The molecule has 6 nitrogen and oxygen atoms in total. The number of anilines is 1. The lowest BCUT2D eigenvalue weighted by Crippen LogP contribution is -2.40. The molecule has 1 unspecified atom stereocenters. The average molecular weight is 390 g/mol. The van der Waals surface area contributed by atoms with Gasteiger partial charge in [0.15, 0.2) is 5.17 Å². The number of halogens is 1. The number of aliphatic imine (C=N–C) groups is 1. The topological polar surface area (TPSA) is 71.0 Å². The summed E-state index contributed by atoms with van der Waals surface area (Å²) in [4.78, 5) is 4.79. The maximum absolute atomic E-state index is 12.8. The first kappa shape index (κ1) is 18.0. The minimum absolute atomic E-state index is 0.229. The van der Waals surface area contributed by atoms with E-state index in [2.05, 4.69) is 17.2 Å². The Morgan fingerprint density at radius 3 is 2.83 bits per heavy atom. The second-order valence-electron chi connectivity index (χ2n) is 5.59. The largest absolute Gasteiger partial charge is 0.379 e. The molecule has 0 spiro atoms. The fraction of sp³-hybridized carbons (Fsp3) is 0.533. The van der Waals surface area contributed by atoms with Crippen LogP contribution in [0, 0.1) is 0 Å². The molecule has 0 aromatic heterocycles. The summed E-state index contributed by atoms with van der Waals surface area (Å²) in [5, 5.41) is 4.42. The molecule has 1 fully saturated rings. The SMILES string of the molecule is CCC1CSC(Nc2cc(S(=O)(=O)N3CCOCC3)ccc2Cl)=N1. The Morgan fingerprint density at radius 2 is 2.17 bits per heavy atom. The number of hydrogen-bond acceptors (Lipinski definition) is 6. The van der Waals surface area contributed by atoms with Crippen LogP contribution in [0.4, 0.5) is 5.69 Å². The summed E-state index contributed by atoms with van der Waals surface area (Å²) in [7, 11) is -3.54. The summed E-state index contributed by atoms with van der Waals surface area (Å²) >= 11 is 7.85. The van der Waals surface area contributed by atoms with Crippen LogP contribution in [0.25, 0.3) is 0 Å². The van der Waals surface area contributed by atoms with Crippen molar-refractivity contribution in [2.75, 3.05) is 37.4 Å². The first-order valence-electron chi connectivity index (χ1n) is 7.86. The van der Waals surface area contributed by atoms with Crippen LogP contribution in [-0.4, -0.2) is 56.0 Å². The van der Waals surface area contributed by atoms with Crippen LogP contribution in [0.5, 0.6) is 0 Å². The molecule has 1 saturated heterocycles. The lowest BCUT2D eigenvalue weighted by Gasteiger charge is -2.26. The van der Waals surface area contributed by atoms with Crippen molar-refractivity contribution in [1.82, 2.24) is 4.31 Å². The van der Waals surface area contributed by atoms with Gasteiger partial charge in [-0.05, 0) is 24.6 Å². The monoisotopic (exact) mass is 389 g/mol. The van der Waals surface area contributed by atoms with Gasteiger partial charge in [0.25, 0.3) is 0 Å². The molecule has 0 aliphatic carbocycles. The van der Waals surface area contributed by atoms with Crippen molar-refractivity contribution in [2.45, 2.75) is 24.3 Å². The van der Waals surface area contributed by atoms with Gasteiger partial charge < -0.3 is 10.1 Å². The van der Waals surface area contributed by atoms with Gasteiger partial charge in [-0.25, -0.2) is 8.42 Å². The molecular weight excluding hydrogens is 370 g/mol. The molecule has 2 aliphatic rings. The Morgan fingerprint density at radius 1 is 1.42 bits per heavy atom. The molecule has 9 heteroatoms. The van der Waals surface area contributed by atoms with Gasteiger partial charge in [-0.1, -0.05) is 30.3 Å². The number of rotatable bonds is 4. The lowest BCUT2D eigenvalue weighted by atomic mass is 10.3. The number of ether oxygens (including phenoxy) is 1. The number of sulfonamides is 1. The second-order valence-corrected chi connectivity index (χ2v) is 8.94. The fourth-order valence-corrected chi connectivity index (χ4v) is 5.17. The van der Waals surface area contributed by atoms with Crippen LogP contribution in [0.3, 0.4) is 0 Å². The number of thioether (sulfide) groups is 1. The quantitative estimate of drug-likeness (QED) is 0.857. The Hall–Kier alpha value is -0.800. The summed E-state index contributed by atoms with van der Waals surface area (Å²) in [5.74, 6) is 0.933. The fourth-order valence-electron chi connectivity index (χ4n) is 2.50. The van der Waals surface area contributed by atoms with Gasteiger partial charge in [0.1, 0.15) is 0 Å². The summed E-state index contributed by atoms with van der Waals surface area (Å²) in [6, 6.07) is 5.03. The number of amidine groups is 1. The van der Waals surface area contributed by atoms with Crippen molar-refractivity contribution in [3.8, 4) is 0 Å². The van der Waals surface area contributed by atoms with E-state index in [1.165, 1.54) is 10.4 Å². The minimum atomic E-state index is -3.54. The van der Waals surface area contributed by atoms with Crippen molar-refractivity contribution in [3.05, 3.63) is 23.2 Å². The summed E-state index contributed by atoms with van der Waals surface area (Å²) in [6.07, 6.45) is 0.983. The number of nitrogens with zero attached hydrogens (tertiary/aromatic N) is 2. The maximum atomic E-state index is 12.8. The number of nitrogens with one attached hydrogen (secondary N) is 1. The van der Waals surface area contributed by atoms with Crippen LogP contribution in [0.1, 0.15) is 13.3 Å². The molecule has 1 aromatic carbocycles. The van der Waals surface area contributed by atoms with E-state index in [0.717, 1.165) is 17.3 Å². The highest BCUT2D eigenvalue weighted by Gasteiger charge is 2.27. The van der Waals surface area contributed by atoms with Crippen LogP contribution < -0.4 is 5.32 Å². The van der Waals surface area contributed by atoms with Crippen LogP contribution in [-0.2, 0) is 14.8 Å². The zero-order valence-corrected chi connectivity index (χ0v) is 15.8. The number of hydrogen-bond donors (Lipinski definition) is 1. The molecule has 0 amide bonds. The Bertz CT molecular complexity index is 733. The van der Waals surface area contributed by atoms with Crippen LogP contribution in [0.15, 0.2) is 28.1 Å². The van der Waals surface area contributed by atoms with E-state index < -0.39 is 10.0 Å². The maximum Gasteiger partial charge on any atom is 0.243 e. The lowest BCUT2D eigenvalue weighted by molar-refractivity contribution is 0.0730. The van der Waals surface area contributed by atoms with E-state index in [-0.39, 0.29) is 4.90 Å². The Kier molecular flexibility index (Phi) is 5.71. The number of benzene rings is 1. The first-order chi connectivity index (χ1) is 11.5. The molecule has 2 aliphatic heterocycles. The summed E-state index contributed by atoms with van der Waals surface area (Å²) in [5.41, 5.74) is 0.564. The van der Waals surface area contributed by atoms with Gasteiger partial charge >= 0.3 is 0 Å². The minimum Gasteiger partial charge on any atom is -0.379 e. The zero-order chi connectivity index (χ0) is 17.2. The van der Waals surface area contributed by atoms with E-state index in [1.807, 2.05) is 0 Å². The summed E-state index contributed by atoms with van der Waals surface area (Å²) < 4.78 is 32.2. The van der Waals surface area contributed by atoms with E-state index >= 15 is 0 Å². The van der Waals surface area contributed by atoms with Crippen molar-refractivity contribution >= 4 is 44.2 Å². The van der Waals surface area contributed by atoms with E-state index in [1.54, 1.807) is 23.9 Å². The second kappa shape index (κ2) is 7.61. The van der Waals surface area contributed by atoms with Gasteiger partial charge in [-0.15, -0.1) is 0 Å². The van der Waals surface area contributed by atoms with Crippen molar-refractivity contribution in [1.29, 1.82) is 0 Å². The molecular formula is C15H20ClN3O3S2. The van der Waals surface area contributed by atoms with Gasteiger partial charge in [-0.3, -0.25) is 4.99 Å². The van der Waals surface area contributed by atoms with Crippen molar-refractivity contribution in [2.24, 2.45) is 4.99 Å². The van der Waals surface area contributed by atoms with Crippen molar-refractivity contribution in [3.63, 3.8) is 0 Å². The normalized spacial score (nSPS) is 22.4. The predicted molar refractivity (Wildman–Crippen MR) is 98.6 cm³/mol. The highest BCUT2D eigenvalue weighted by atomic mass is 35.5. The third kappa shape index (κ3) is 3.88. The molecule has 0 radical (unpaired) electrons. The molecule has 132 valence electrons. The Balaban J connectivity index is 1.83. The molecule has 0 bridgehead atoms. The first-order valence-corrected chi connectivity index (χ1v) is 10.7. The third-order valence-corrected chi connectivity index (χ3v) is 7.23. The van der Waals surface area contributed by atoms with E-state index in [9.17, 15) is 8.42 Å². The molecule has 1 aromatic rings. The molecule has 1 N–H and O–H groups in total. The standard InChI is InChI=1S/C15H20ClN3O3S2/c1-2-11-10-23-15(17-11)18-14-9-12(3-4-13(14)16)24(20,21)19-5-7-22-8-6-19/h3-4,9,11H,2,5-8,10H2,1H3,(H,17,18). The van der Waals surface area contributed by atoms with Gasteiger partial charge in [-0.2, -0.15) is 4.31 Å². The molecule has 2 heterocycles. The zero-order valence-electron chi connectivity index (χ0n) is 13.4. The van der Waals surface area contributed by atoms with Crippen molar-refractivity contribution < 1.29 is 13.2 Å². The molecule has 0 saturated carbocycles. The Labute approximate surface area is 151 Å². The van der Waals surface area contributed by atoms with E-state index in [4.69, 9.17) is 16.3 Å². The van der Waals surface area contributed by atoms with Gasteiger partial charge in [0.05, 0.1) is 34.9 Å². The highest BCUT2D eigenvalue weighted by molar-refractivity contribution is 8.14. The van der Waals surface area contributed by atoms with Crippen LogP contribution in [0.2, 0.25) is 5.02 Å². The van der Waals surface area contributed by atoms with E-state index in [0.29, 0.717) is 43.1 Å². The number of morpholine rings is 1. The van der Waals surface area contributed by atoms with Gasteiger partial charge in [0.2, 0.25) is 10.0 Å². The molecule has 1 atom stereocenters. The molecule has 24 heavy (non-hydrogen) atoms. The average Bonchev–Trinajstić information content (AvgIpc) is 3.05. The van der Waals surface area contributed by atoms with Gasteiger partial charge in [0, 0.05) is 18.8 Å². The smallest absolute Gasteiger partial charge is 0.243 e.